The van der Waals surface area contributed by atoms with E-state index in [0.29, 0.717) is 0 Å². The molecule has 0 aliphatic heterocycles. The monoisotopic (exact) mass is 262 g/mol. The lowest BCUT2D eigenvalue weighted by Crippen LogP contribution is -1.88. The van der Waals surface area contributed by atoms with Crippen molar-refractivity contribution < 1.29 is 0 Å². The second-order valence-corrected chi connectivity index (χ2v) is 4.38. The Labute approximate surface area is 78.6 Å². The fourth-order valence-corrected chi connectivity index (χ4v) is 2.50. The van der Waals surface area contributed by atoms with Gasteiger partial charge in [-0.3, -0.25) is 0 Å². The lowest BCUT2D eigenvalue weighted by Gasteiger charge is -2.01. The first-order valence-electron chi connectivity index (χ1n) is 3.49. The molecule has 0 saturated carbocycles. The Bertz CT molecular complexity index is 233. The van der Waals surface area contributed by atoms with Gasteiger partial charge in [0.05, 0.1) is 0 Å². The number of rotatable bonds is 1. The molecule has 0 aliphatic carbocycles. The van der Waals surface area contributed by atoms with Crippen LogP contribution in [-0.4, -0.2) is 10.2 Å². The van der Waals surface area contributed by atoms with Crippen LogP contribution in [0, 0.1) is 10.5 Å². The van der Waals surface area contributed by atoms with Crippen molar-refractivity contribution in [1.29, 1.82) is 0 Å². The van der Waals surface area contributed by atoms with Crippen LogP contribution >= 0.6 is 22.6 Å². The molecule has 0 nitrogen and oxygen atoms in total. The quantitative estimate of drug-likeness (QED) is 0.531. The Hall–Kier alpha value is 0.167. The smallest absolute Gasteiger partial charge is 0.0133 e. The Morgan fingerprint density at radius 3 is 2.70 bits per heavy atom. The zero-order valence-electron chi connectivity index (χ0n) is 6.32. The molecule has 54 valence electrons. The summed E-state index contributed by atoms with van der Waals surface area (Å²) in [7, 11) is 1.27. The van der Waals surface area contributed by atoms with Crippen LogP contribution in [0.1, 0.15) is 11.1 Å². The van der Waals surface area contributed by atoms with E-state index in [2.05, 4.69) is 47.7 Å². The first kappa shape index (κ1) is 8.27. The summed E-state index contributed by atoms with van der Waals surface area (Å²) >= 11 is 2.35. The van der Waals surface area contributed by atoms with Crippen LogP contribution in [0.3, 0.4) is 0 Å². The van der Waals surface area contributed by atoms with E-state index < -0.39 is 0 Å². The minimum absolute atomic E-state index is 1.27. The van der Waals surface area contributed by atoms with Crippen molar-refractivity contribution in [1.82, 2.24) is 0 Å². The number of aryl methyl sites for hydroxylation is 1. The van der Waals surface area contributed by atoms with Gasteiger partial charge < -0.3 is 0 Å². The second-order valence-electron chi connectivity index (χ2n) is 2.42. The fraction of sp³-hybridized carbons (Fsp3) is 0.250. The largest absolute Gasteiger partial charge is 0.0581 e. The van der Waals surface area contributed by atoms with Gasteiger partial charge in [-0.2, -0.15) is 0 Å². The van der Waals surface area contributed by atoms with E-state index >= 15 is 0 Å². The van der Waals surface area contributed by atoms with Gasteiger partial charge in [0.2, 0.25) is 0 Å². The van der Waals surface area contributed by atoms with Crippen LogP contribution in [0.2, 0.25) is 0 Å². The Morgan fingerprint density at radius 2 is 2.20 bits per heavy atom. The van der Waals surface area contributed by atoms with Crippen molar-refractivity contribution in [2.75, 3.05) is 0 Å². The molecule has 0 N–H and O–H groups in total. The molecule has 0 aromatic heterocycles. The molecule has 1 aromatic carbocycles. The predicted octanol–water partition coefficient (Wildman–Crippen LogP) is 1.47. The van der Waals surface area contributed by atoms with E-state index in [9.17, 15) is 0 Å². The molecule has 2 heteroatoms. The molecule has 0 heterocycles. The zero-order chi connectivity index (χ0) is 7.56. The second kappa shape index (κ2) is 3.53. The van der Waals surface area contributed by atoms with Gasteiger partial charge in [0.1, 0.15) is 0 Å². The molecule has 0 radical (unpaired) electrons. The number of halogens is 1. The molecule has 0 fully saturated rings. The normalized spacial score (nSPS) is 10.2. The van der Waals surface area contributed by atoms with E-state index in [-0.39, 0.29) is 0 Å². The van der Waals surface area contributed by atoms with Crippen LogP contribution in [-0.2, 0) is 6.04 Å². The highest BCUT2D eigenvalue weighted by Crippen LogP contribution is 2.12. The summed E-state index contributed by atoms with van der Waals surface area (Å²) in [6.45, 7) is 2.19. The highest BCUT2D eigenvalue weighted by Gasteiger charge is 1.94. The summed E-state index contributed by atoms with van der Waals surface area (Å²) in [5, 5.41) is 0. The average Bonchev–Trinajstić information content (AvgIpc) is 1.88. The molecular weight excluding hydrogens is 251 g/mol. The van der Waals surface area contributed by atoms with Crippen molar-refractivity contribution in [2.45, 2.75) is 13.0 Å². The van der Waals surface area contributed by atoms with E-state index in [0.717, 1.165) is 0 Å². The Balaban J connectivity index is 3.07. The topological polar surface area (TPSA) is 0 Å². The molecule has 0 saturated heterocycles. The molecule has 1 rings (SSSR count). The number of hydrogen-bond donors (Lipinski definition) is 0. The zero-order valence-corrected chi connectivity index (χ0v) is 10.5. The fourth-order valence-electron chi connectivity index (χ4n) is 1.06. The van der Waals surface area contributed by atoms with E-state index in [1.54, 1.807) is 0 Å². The molecular formula is C8H11ISi. The van der Waals surface area contributed by atoms with Crippen molar-refractivity contribution in [3.05, 3.63) is 32.9 Å². The molecule has 1 aromatic rings. The van der Waals surface area contributed by atoms with Gasteiger partial charge >= 0.3 is 0 Å². The summed E-state index contributed by atoms with van der Waals surface area (Å²) < 4.78 is 1.34. The van der Waals surface area contributed by atoms with Crippen molar-refractivity contribution in [3.63, 3.8) is 0 Å². The third kappa shape index (κ3) is 1.82. The lowest BCUT2D eigenvalue weighted by molar-refractivity contribution is 1.29. The summed E-state index contributed by atoms with van der Waals surface area (Å²) in [5.74, 6) is 0. The summed E-state index contributed by atoms with van der Waals surface area (Å²) in [5.41, 5.74) is 2.97. The molecule has 0 spiro atoms. The highest BCUT2D eigenvalue weighted by molar-refractivity contribution is 14.1. The summed E-state index contributed by atoms with van der Waals surface area (Å²) in [4.78, 5) is 0. The minimum atomic E-state index is 1.27. The highest BCUT2D eigenvalue weighted by atomic mass is 127. The van der Waals surface area contributed by atoms with Gasteiger partial charge in [-0.1, -0.05) is 6.07 Å². The van der Waals surface area contributed by atoms with Gasteiger partial charge in [-0.15, -0.1) is 0 Å². The van der Waals surface area contributed by atoms with E-state index in [4.69, 9.17) is 0 Å². The van der Waals surface area contributed by atoms with Crippen molar-refractivity contribution in [2.24, 2.45) is 0 Å². The van der Waals surface area contributed by atoms with Crippen LogP contribution < -0.4 is 0 Å². The van der Waals surface area contributed by atoms with Crippen molar-refractivity contribution >= 4 is 32.8 Å². The third-order valence-corrected chi connectivity index (χ3v) is 3.12. The molecule has 0 aliphatic rings. The van der Waals surface area contributed by atoms with Crippen molar-refractivity contribution in [3.8, 4) is 0 Å². The van der Waals surface area contributed by atoms with Crippen LogP contribution in [0.4, 0.5) is 0 Å². The molecule has 0 bridgehead atoms. The average molecular weight is 262 g/mol. The summed E-state index contributed by atoms with van der Waals surface area (Å²) in [6.07, 6.45) is 0. The molecule has 0 atom stereocenters. The molecule has 0 amide bonds. The van der Waals surface area contributed by atoms with Crippen LogP contribution in [0.15, 0.2) is 18.2 Å². The summed E-state index contributed by atoms with van der Waals surface area (Å²) in [6, 6.07) is 7.95. The molecule has 0 unspecified atom stereocenters. The predicted molar refractivity (Wildman–Crippen MR) is 57.5 cm³/mol. The number of hydrogen-bond acceptors (Lipinski definition) is 0. The maximum atomic E-state index is 2.35. The van der Waals surface area contributed by atoms with Crippen LogP contribution in [0.5, 0.6) is 0 Å². The third-order valence-electron chi connectivity index (χ3n) is 1.69. The van der Waals surface area contributed by atoms with Gasteiger partial charge in [-0.25, -0.2) is 0 Å². The maximum absolute atomic E-state index is 2.35. The van der Waals surface area contributed by atoms with Gasteiger partial charge in [0.25, 0.3) is 0 Å². The lowest BCUT2D eigenvalue weighted by atomic mass is 10.1. The first-order chi connectivity index (χ1) is 4.74. The van der Waals surface area contributed by atoms with E-state index in [1.165, 1.54) is 31.0 Å². The number of benzene rings is 1. The van der Waals surface area contributed by atoms with Gasteiger partial charge in [0, 0.05) is 13.8 Å². The first-order valence-corrected chi connectivity index (χ1v) is 5.98. The van der Waals surface area contributed by atoms with Gasteiger partial charge in [-0.05, 0) is 58.8 Å². The molecule has 10 heavy (non-hydrogen) atoms. The maximum Gasteiger partial charge on any atom is 0.0133 e. The van der Waals surface area contributed by atoms with Gasteiger partial charge in [0.15, 0.2) is 0 Å². The Morgan fingerprint density at radius 1 is 1.50 bits per heavy atom. The van der Waals surface area contributed by atoms with Crippen LogP contribution in [0.25, 0.3) is 0 Å². The minimum Gasteiger partial charge on any atom is -0.0581 e. The Kier molecular flexibility index (Phi) is 2.91. The standard InChI is InChI=1S/C8H11ISi/c1-6-4-8(9)3-2-7(6)5-10/h2-4H,5H2,1,10H3. The van der Waals surface area contributed by atoms with E-state index in [1.807, 2.05) is 0 Å². The SMILES string of the molecule is Cc1cc(I)ccc1C[SiH3].